The third-order valence-electron chi connectivity index (χ3n) is 4.38. The molecule has 0 aliphatic rings. The van der Waals surface area contributed by atoms with Crippen LogP contribution in [0.25, 0.3) is 16.9 Å². The third-order valence-corrected chi connectivity index (χ3v) is 4.38. The molecule has 4 aromatic rings. The average molecular weight is 386 g/mol. The quantitative estimate of drug-likeness (QED) is 0.525. The Morgan fingerprint density at radius 3 is 2.21 bits per heavy atom. The van der Waals surface area contributed by atoms with Crippen LogP contribution in [-0.2, 0) is 0 Å². The van der Waals surface area contributed by atoms with E-state index in [1.165, 1.54) is 6.26 Å². The molecule has 0 bridgehead atoms. The molecule has 144 valence electrons. The molecule has 29 heavy (non-hydrogen) atoms. The summed E-state index contributed by atoms with van der Waals surface area (Å²) >= 11 is 0. The second-order valence-corrected chi connectivity index (χ2v) is 6.38. The second-order valence-electron chi connectivity index (χ2n) is 6.38. The zero-order chi connectivity index (χ0) is 20.2. The summed E-state index contributed by atoms with van der Waals surface area (Å²) < 4.78 is 6.77. The number of hydrogen-bond acceptors (Lipinski definition) is 4. The summed E-state index contributed by atoms with van der Waals surface area (Å²) in [6.45, 7) is 1.75. The largest absolute Gasteiger partial charge is 0.459 e. The van der Waals surface area contributed by atoms with E-state index >= 15 is 0 Å². The van der Waals surface area contributed by atoms with Gasteiger partial charge in [-0.25, -0.2) is 4.68 Å². The number of nitrogens with one attached hydrogen (secondary N) is 2. The number of amides is 2. The van der Waals surface area contributed by atoms with E-state index in [0.29, 0.717) is 16.8 Å². The Kier molecular flexibility index (Phi) is 4.94. The van der Waals surface area contributed by atoms with Crippen LogP contribution >= 0.6 is 0 Å². The molecule has 0 aliphatic carbocycles. The molecule has 0 atom stereocenters. The SMILES string of the molecule is Cc1ccoc1C(=O)NNC(=O)c1cn(-c2ccccc2)nc1-c1ccccc1. The van der Waals surface area contributed by atoms with Gasteiger partial charge in [0.05, 0.1) is 17.5 Å². The molecule has 7 heteroatoms. The molecule has 0 radical (unpaired) electrons. The lowest BCUT2D eigenvalue weighted by molar-refractivity contribution is 0.0830. The van der Waals surface area contributed by atoms with E-state index in [-0.39, 0.29) is 5.76 Å². The smallest absolute Gasteiger partial charge is 0.305 e. The molecule has 0 spiro atoms. The van der Waals surface area contributed by atoms with Gasteiger partial charge in [-0.15, -0.1) is 0 Å². The Hall–Kier alpha value is -4.13. The molecule has 0 fully saturated rings. The summed E-state index contributed by atoms with van der Waals surface area (Å²) in [7, 11) is 0. The van der Waals surface area contributed by atoms with Crippen LogP contribution in [0, 0.1) is 6.92 Å². The van der Waals surface area contributed by atoms with E-state index in [1.54, 1.807) is 23.9 Å². The minimum Gasteiger partial charge on any atom is -0.459 e. The Morgan fingerprint density at radius 2 is 1.55 bits per heavy atom. The molecule has 0 unspecified atom stereocenters. The average Bonchev–Trinajstić information content (AvgIpc) is 3.40. The standard InChI is InChI=1S/C22H18N4O3/c1-15-12-13-29-20(15)22(28)24-23-21(27)18-14-26(17-10-6-3-7-11-17)25-19(18)16-8-4-2-5-9-16/h2-14H,1H3,(H,23,27)(H,24,28). The fourth-order valence-electron chi connectivity index (χ4n) is 2.91. The minimum absolute atomic E-state index is 0.147. The molecule has 0 aliphatic heterocycles. The Morgan fingerprint density at radius 1 is 0.897 bits per heavy atom. The number of hydrogen-bond donors (Lipinski definition) is 2. The van der Waals surface area contributed by atoms with Crippen LogP contribution in [0.5, 0.6) is 0 Å². The van der Waals surface area contributed by atoms with E-state index in [0.717, 1.165) is 11.3 Å². The van der Waals surface area contributed by atoms with Crippen molar-refractivity contribution in [1.29, 1.82) is 0 Å². The number of rotatable bonds is 4. The highest BCUT2D eigenvalue weighted by atomic mass is 16.3. The fourth-order valence-corrected chi connectivity index (χ4v) is 2.91. The van der Waals surface area contributed by atoms with Gasteiger partial charge in [0.15, 0.2) is 5.76 Å². The van der Waals surface area contributed by atoms with Gasteiger partial charge >= 0.3 is 5.91 Å². The van der Waals surface area contributed by atoms with Crippen molar-refractivity contribution in [2.75, 3.05) is 0 Å². The van der Waals surface area contributed by atoms with Crippen molar-refractivity contribution in [3.05, 3.63) is 96.1 Å². The Balaban J connectivity index is 1.63. The van der Waals surface area contributed by atoms with E-state index in [9.17, 15) is 9.59 Å². The van der Waals surface area contributed by atoms with Crippen molar-refractivity contribution in [3.8, 4) is 16.9 Å². The number of benzene rings is 2. The maximum absolute atomic E-state index is 12.8. The summed E-state index contributed by atoms with van der Waals surface area (Å²) in [4.78, 5) is 25.0. The maximum atomic E-state index is 12.8. The third kappa shape index (κ3) is 3.79. The fraction of sp³-hybridized carbons (Fsp3) is 0.0455. The number of hydrazine groups is 1. The predicted octanol–water partition coefficient (Wildman–Crippen LogP) is 3.52. The van der Waals surface area contributed by atoms with Gasteiger partial charge in [-0.2, -0.15) is 5.10 Å². The highest BCUT2D eigenvalue weighted by Gasteiger charge is 2.20. The molecule has 2 aromatic heterocycles. The molecule has 2 amide bonds. The van der Waals surface area contributed by atoms with E-state index < -0.39 is 11.8 Å². The van der Waals surface area contributed by atoms with Crippen LogP contribution in [0.2, 0.25) is 0 Å². The molecule has 7 nitrogen and oxygen atoms in total. The summed E-state index contributed by atoms with van der Waals surface area (Å²) in [6, 6.07) is 20.5. The van der Waals surface area contributed by atoms with E-state index in [4.69, 9.17) is 4.42 Å². The highest BCUT2D eigenvalue weighted by molar-refractivity contribution is 6.02. The van der Waals surface area contributed by atoms with Gasteiger partial charge in [0.25, 0.3) is 5.91 Å². The number of aromatic nitrogens is 2. The molecular formula is C22H18N4O3. The lowest BCUT2D eigenvalue weighted by Crippen LogP contribution is -2.41. The van der Waals surface area contributed by atoms with Gasteiger partial charge in [-0.1, -0.05) is 48.5 Å². The van der Waals surface area contributed by atoms with Gasteiger partial charge in [-0.05, 0) is 25.1 Å². The summed E-state index contributed by atoms with van der Waals surface area (Å²) in [5.74, 6) is -0.866. The number of carbonyl (C=O) groups excluding carboxylic acids is 2. The zero-order valence-electron chi connectivity index (χ0n) is 15.6. The molecule has 0 saturated heterocycles. The predicted molar refractivity (Wildman–Crippen MR) is 107 cm³/mol. The number of aryl methyl sites for hydroxylation is 1. The number of furan rings is 1. The number of nitrogens with zero attached hydrogens (tertiary/aromatic N) is 2. The van der Waals surface area contributed by atoms with Gasteiger partial charge in [0, 0.05) is 17.3 Å². The minimum atomic E-state index is -0.530. The van der Waals surface area contributed by atoms with Crippen molar-refractivity contribution in [1.82, 2.24) is 20.6 Å². The molecule has 2 aromatic carbocycles. The van der Waals surface area contributed by atoms with Crippen molar-refractivity contribution in [2.24, 2.45) is 0 Å². The lowest BCUT2D eigenvalue weighted by atomic mass is 10.1. The van der Waals surface area contributed by atoms with E-state index in [1.807, 2.05) is 60.7 Å². The van der Waals surface area contributed by atoms with Crippen LogP contribution in [-0.4, -0.2) is 21.6 Å². The first-order valence-electron chi connectivity index (χ1n) is 8.99. The lowest BCUT2D eigenvalue weighted by Gasteiger charge is -2.06. The summed E-state index contributed by atoms with van der Waals surface area (Å²) in [5.41, 5.74) is 7.95. The van der Waals surface area contributed by atoms with Crippen LogP contribution < -0.4 is 10.9 Å². The Bertz CT molecular complexity index is 1150. The maximum Gasteiger partial charge on any atom is 0.305 e. The first-order chi connectivity index (χ1) is 14.1. The zero-order valence-corrected chi connectivity index (χ0v) is 15.6. The van der Waals surface area contributed by atoms with Crippen molar-refractivity contribution in [3.63, 3.8) is 0 Å². The molecule has 2 heterocycles. The summed E-state index contributed by atoms with van der Waals surface area (Å²) in [5, 5.41) is 4.59. The first-order valence-corrected chi connectivity index (χ1v) is 8.99. The molecule has 2 N–H and O–H groups in total. The Labute approximate surface area is 166 Å². The van der Waals surface area contributed by atoms with Crippen LogP contribution in [0.15, 0.2) is 83.6 Å². The van der Waals surface area contributed by atoms with Crippen LogP contribution in [0.3, 0.4) is 0 Å². The summed E-state index contributed by atoms with van der Waals surface area (Å²) in [6.07, 6.45) is 3.06. The van der Waals surface area contributed by atoms with Gasteiger partial charge < -0.3 is 4.42 Å². The van der Waals surface area contributed by atoms with Crippen molar-refractivity contribution >= 4 is 11.8 Å². The van der Waals surface area contributed by atoms with Crippen molar-refractivity contribution < 1.29 is 14.0 Å². The highest BCUT2D eigenvalue weighted by Crippen LogP contribution is 2.23. The molecule has 4 rings (SSSR count). The normalized spacial score (nSPS) is 10.5. The first kappa shape index (κ1) is 18.2. The second kappa shape index (κ2) is 7.85. The van der Waals surface area contributed by atoms with Gasteiger partial charge in [-0.3, -0.25) is 20.4 Å². The van der Waals surface area contributed by atoms with Crippen LogP contribution in [0.4, 0.5) is 0 Å². The van der Waals surface area contributed by atoms with Gasteiger partial charge in [0.2, 0.25) is 0 Å². The van der Waals surface area contributed by atoms with Gasteiger partial charge in [0.1, 0.15) is 5.69 Å². The van der Waals surface area contributed by atoms with Crippen LogP contribution in [0.1, 0.15) is 26.5 Å². The molecular weight excluding hydrogens is 368 g/mol. The number of para-hydroxylation sites is 1. The number of carbonyl (C=O) groups is 2. The topological polar surface area (TPSA) is 89.2 Å². The molecule has 0 saturated carbocycles. The van der Waals surface area contributed by atoms with Crippen molar-refractivity contribution in [2.45, 2.75) is 6.92 Å². The van der Waals surface area contributed by atoms with E-state index in [2.05, 4.69) is 16.0 Å². The monoisotopic (exact) mass is 386 g/mol.